The van der Waals surface area contributed by atoms with E-state index in [1.165, 1.54) is 17.7 Å². The smallest absolute Gasteiger partial charge is 0.402 e. The number of nitrogens with one attached hydrogen (secondary N) is 2. The van der Waals surface area contributed by atoms with Crippen molar-refractivity contribution < 1.29 is 28.4 Å². The lowest BCUT2D eigenvalue weighted by Gasteiger charge is -2.32. The lowest BCUT2D eigenvalue weighted by molar-refractivity contribution is -0.138. The Morgan fingerprint density at radius 2 is 1.60 bits per heavy atom. The summed E-state index contributed by atoms with van der Waals surface area (Å²) in [5.74, 6) is -1.94. The van der Waals surface area contributed by atoms with Gasteiger partial charge in [-0.15, -0.1) is 0 Å². The van der Waals surface area contributed by atoms with Gasteiger partial charge in [0.25, 0.3) is 5.91 Å². The standard InChI is InChI=1S/C31H40BCl2N3O6/c1-30(2)31(3,4)43-32(42-30)26(12-8-11-21-9-6-5-7-10-21)36-29(40)25(20-27(38)37-15-17-41-18-16-37)35-28(39)23-19-22(33)13-14-24(23)34/h5-7,9-10,13-14,19,25-26H,8,11-12,15-18,20H2,1-4H3,(H,35,39)(H,36,40). The summed E-state index contributed by atoms with van der Waals surface area (Å²) in [6.07, 6.45) is 1.86. The van der Waals surface area contributed by atoms with Crippen molar-refractivity contribution in [1.82, 2.24) is 15.5 Å². The molecule has 2 N–H and O–H groups in total. The van der Waals surface area contributed by atoms with E-state index in [4.69, 9.17) is 37.2 Å². The number of hydrogen-bond donors (Lipinski definition) is 2. The SMILES string of the molecule is CC1(C)OB(C(CCCc2ccccc2)NC(=O)C(CC(=O)N2CCOCC2)NC(=O)c2cc(Cl)ccc2Cl)OC1(C)C. The Labute approximate surface area is 264 Å². The van der Waals surface area contributed by atoms with Gasteiger partial charge in [-0.1, -0.05) is 53.5 Å². The number of rotatable bonds is 11. The van der Waals surface area contributed by atoms with E-state index in [1.54, 1.807) is 11.0 Å². The van der Waals surface area contributed by atoms with Gasteiger partial charge >= 0.3 is 7.12 Å². The third-order valence-corrected chi connectivity index (χ3v) is 8.85. The van der Waals surface area contributed by atoms with Crippen LogP contribution < -0.4 is 10.6 Å². The van der Waals surface area contributed by atoms with Crippen LogP contribution in [-0.2, 0) is 30.1 Å². The van der Waals surface area contributed by atoms with Crippen molar-refractivity contribution in [3.63, 3.8) is 0 Å². The molecule has 0 spiro atoms. The zero-order valence-electron chi connectivity index (χ0n) is 25.2. The molecular weight excluding hydrogens is 592 g/mol. The number of nitrogens with zero attached hydrogens (tertiary/aromatic N) is 1. The first kappa shape index (κ1) is 33.3. The maximum absolute atomic E-state index is 13.9. The van der Waals surface area contributed by atoms with Crippen LogP contribution in [0.2, 0.25) is 10.0 Å². The Hall–Kier alpha value is -2.63. The molecule has 12 heteroatoms. The van der Waals surface area contributed by atoms with Crippen molar-refractivity contribution in [2.24, 2.45) is 0 Å². The highest BCUT2D eigenvalue weighted by atomic mass is 35.5. The first-order valence-corrected chi connectivity index (χ1v) is 15.4. The minimum Gasteiger partial charge on any atom is -0.402 e. The maximum Gasteiger partial charge on any atom is 0.481 e. The molecule has 232 valence electrons. The van der Waals surface area contributed by atoms with Crippen molar-refractivity contribution in [3.8, 4) is 0 Å². The number of halogens is 2. The fourth-order valence-electron chi connectivity index (χ4n) is 5.02. The normalized spacial score (nSPS) is 19.0. The average Bonchev–Trinajstić information content (AvgIpc) is 3.20. The quantitative estimate of drug-likeness (QED) is 0.354. The lowest BCUT2D eigenvalue weighted by Crippen LogP contribution is -2.56. The van der Waals surface area contributed by atoms with E-state index < -0.39 is 42.1 Å². The Bertz CT molecular complexity index is 1270. The second kappa shape index (κ2) is 14.4. The molecule has 2 saturated heterocycles. The second-order valence-electron chi connectivity index (χ2n) is 12.0. The van der Waals surface area contributed by atoms with E-state index in [0.717, 1.165) is 12.8 Å². The zero-order chi connectivity index (χ0) is 31.2. The third-order valence-electron chi connectivity index (χ3n) is 8.29. The fourth-order valence-corrected chi connectivity index (χ4v) is 5.39. The number of morpholine rings is 1. The van der Waals surface area contributed by atoms with Crippen molar-refractivity contribution >= 4 is 48.0 Å². The molecule has 2 unspecified atom stereocenters. The van der Waals surface area contributed by atoms with Crippen LogP contribution >= 0.6 is 23.2 Å². The number of carbonyl (C=O) groups excluding carboxylic acids is 3. The zero-order valence-corrected chi connectivity index (χ0v) is 26.7. The summed E-state index contributed by atoms with van der Waals surface area (Å²) in [6.45, 7) is 9.47. The summed E-state index contributed by atoms with van der Waals surface area (Å²) in [7, 11) is -0.724. The molecule has 9 nitrogen and oxygen atoms in total. The van der Waals surface area contributed by atoms with Gasteiger partial charge in [0.15, 0.2) is 0 Å². The van der Waals surface area contributed by atoms with Gasteiger partial charge < -0.3 is 29.6 Å². The molecule has 0 aromatic heterocycles. The van der Waals surface area contributed by atoms with E-state index in [-0.39, 0.29) is 22.9 Å². The second-order valence-corrected chi connectivity index (χ2v) is 12.8. The number of hydrogen-bond acceptors (Lipinski definition) is 6. The molecule has 2 aromatic carbocycles. The van der Waals surface area contributed by atoms with Gasteiger partial charge in [-0.05, 0) is 70.7 Å². The first-order valence-electron chi connectivity index (χ1n) is 14.7. The highest BCUT2D eigenvalue weighted by Gasteiger charge is 2.54. The van der Waals surface area contributed by atoms with Crippen molar-refractivity contribution in [1.29, 1.82) is 0 Å². The molecule has 0 radical (unpaired) electrons. The van der Waals surface area contributed by atoms with Crippen molar-refractivity contribution in [2.45, 2.75) is 76.6 Å². The molecule has 0 aliphatic carbocycles. The first-order chi connectivity index (χ1) is 20.4. The molecule has 3 amide bonds. The number of ether oxygens (including phenoxy) is 1. The Morgan fingerprint density at radius 3 is 2.26 bits per heavy atom. The molecule has 2 aromatic rings. The summed E-state index contributed by atoms with van der Waals surface area (Å²) >= 11 is 12.4. The van der Waals surface area contributed by atoms with E-state index in [9.17, 15) is 14.4 Å². The van der Waals surface area contributed by atoms with Gasteiger partial charge in [-0.2, -0.15) is 0 Å². The maximum atomic E-state index is 13.9. The van der Waals surface area contributed by atoms with Crippen LogP contribution in [0.25, 0.3) is 0 Å². The number of benzene rings is 2. The van der Waals surface area contributed by atoms with Crippen LogP contribution in [0.5, 0.6) is 0 Å². The Kier molecular flexibility index (Phi) is 11.2. The van der Waals surface area contributed by atoms with E-state index in [0.29, 0.717) is 37.7 Å². The molecule has 2 aliphatic rings. The molecule has 43 heavy (non-hydrogen) atoms. The van der Waals surface area contributed by atoms with E-state index >= 15 is 0 Å². The summed E-state index contributed by atoms with van der Waals surface area (Å²) in [5, 5.41) is 6.28. The van der Waals surface area contributed by atoms with E-state index in [2.05, 4.69) is 22.8 Å². The van der Waals surface area contributed by atoms with Gasteiger partial charge in [0, 0.05) is 18.1 Å². The number of aryl methyl sites for hydroxylation is 1. The predicted octanol–water partition coefficient (Wildman–Crippen LogP) is 4.48. The average molecular weight is 632 g/mol. The monoisotopic (exact) mass is 631 g/mol. The lowest BCUT2D eigenvalue weighted by atomic mass is 9.75. The van der Waals surface area contributed by atoms with Crippen LogP contribution in [0.4, 0.5) is 0 Å². The largest absolute Gasteiger partial charge is 0.481 e. The van der Waals surface area contributed by atoms with Crippen LogP contribution in [0.15, 0.2) is 48.5 Å². The minimum atomic E-state index is -1.18. The van der Waals surface area contributed by atoms with Gasteiger partial charge in [0.05, 0.1) is 47.4 Å². The minimum absolute atomic E-state index is 0.108. The molecule has 2 heterocycles. The topological polar surface area (TPSA) is 106 Å². The predicted molar refractivity (Wildman–Crippen MR) is 167 cm³/mol. The summed E-state index contributed by atoms with van der Waals surface area (Å²) in [4.78, 5) is 42.1. The number of carbonyl (C=O) groups is 3. The van der Waals surface area contributed by atoms with Gasteiger partial charge in [0.2, 0.25) is 11.8 Å². The van der Waals surface area contributed by atoms with Crippen molar-refractivity contribution in [2.75, 3.05) is 26.3 Å². The van der Waals surface area contributed by atoms with Gasteiger partial charge in [0.1, 0.15) is 6.04 Å². The molecular formula is C31H40BCl2N3O6. The van der Waals surface area contributed by atoms with Crippen LogP contribution in [0.3, 0.4) is 0 Å². The molecule has 0 bridgehead atoms. The van der Waals surface area contributed by atoms with Gasteiger partial charge in [-0.25, -0.2) is 0 Å². The summed E-state index contributed by atoms with van der Waals surface area (Å²) in [6, 6.07) is 13.4. The fraction of sp³-hybridized carbons (Fsp3) is 0.516. The highest BCUT2D eigenvalue weighted by molar-refractivity contribution is 6.48. The van der Waals surface area contributed by atoms with Crippen LogP contribution in [-0.4, -0.2) is 79.2 Å². The third kappa shape index (κ3) is 8.73. The van der Waals surface area contributed by atoms with Crippen LogP contribution in [0, 0.1) is 0 Å². The molecule has 4 rings (SSSR count). The van der Waals surface area contributed by atoms with Crippen molar-refractivity contribution in [3.05, 3.63) is 69.7 Å². The summed E-state index contributed by atoms with van der Waals surface area (Å²) < 4.78 is 18.0. The van der Waals surface area contributed by atoms with E-state index in [1.807, 2.05) is 45.9 Å². The molecule has 2 aliphatic heterocycles. The molecule has 0 saturated carbocycles. The Balaban J connectivity index is 1.54. The van der Waals surface area contributed by atoms with Gasteiger partial charge in [-0.3, -0.25) is 14.4 Å². The summed E-state index contributed by atoms with van der Waals surface area (Å²) in [5.41, 5.74) is 0.0735. The molecule has 2 atom stereocenters. The molecule has 2 fully saturated rings. The Morgan fingerprint density at radius 1 is 0.953 bits per heavy atom. The number of amides is 3. The van der Waals surface area contributed by atoms with Crippen LogP contribution in [0.1, 0.15) is 62.9 Å². The highest BCUT2D eigenvalue weighted by Crippen LogP contribution is 2.38.